The van der Waals surface area contributed by atoms with Crippen molar-refractivity contribution < 1.29 is 0 Å². The molecule has 0 spiro atoms. The molecule has 3 aromatic carbocycles. The minimum absolute atomic E-state index is 0.334. The first-order valence-electron chi connectivity index (χ1n) is 15.6. The summed E-state index contributed by atoms with van der Waals surface area (Å²) in [6, 6.07) is 14.2. The van der Waals surface area contributed by atoms with Gasteiger partial charge in [0.25, 0.3) is 0 Å². The van der Waals surface area contributed by atoms with E-state index in [0.29, 0.717) is 66.8 Å². The molecule has 0 aliphatic heterocycles. The minimum atomic E-state index is 0.334. The zero-order valence-electron chi connectivity index (χ0n) is 29.7. The van der Waals surface area contributed by atoms with Crippen molar-refractivity contribution in [2.75, 3.05) is 0 Å². The maximum absolute atomic E-state index is 10.9. The molecule has 1 aliphatic carbocycles. The van der Waals surface area contributed by atoms with Crippen LogP contribution in [-0.4, -0.2) is 94.2 Å². The highest BCUT2D eigenvalue weighted by atomic mass is 14.5. The highest BCUT2D eigenvalue weighted by molar-refractivity contribution is 6.62. The Kier molecular flexibility index (Phi) is 9.61. The van der Waals surface area contributed by atoms with E-state index >= 15 is 0 Å². The Morgan fingerprint density at radius 1 is 0.292 bits per heavy atom. The van der Waals surface area contributed by atoms with Crippen molar-refractivity contribution in [2.24, 2.45) is 0 Å². The molecule has 48 heavy (non-hydrogen) atoms. The fourth-order valence-electron chi connectivity index (χ4n) is 7.21. The predicted molar refractivity (Wildman–Crippen MR) is 229 cm³/mol. The lowest BCUT2D eigenvalue weighted by Crippen LogP contribution is -2.46. The summed E-state index contributed by atoms with van der Waals surface area (Å²) >= 11 is 0. The molecule has 0 N–H and O–H groups in total. The van der Waals surface area contributed by atoms with Crippen LogP contribution in [-0.2, 0) is 0 Å². The van der Waals surface area contributed by atoms with Gasteiger partial charge in [0.15, 0.2) is 0 Å². The van der Waals surface area contributed by atoms with E-state index in [9.17, 15) is 31.6 Å². The third kappa shape index (κ3) is 5.02. The molecule has 3 aromatic rings. The fourth-order valence-corrected chi connectivity index (χ4v) is 7.21. The van der Waals surface area contributed by atoms with Crippen LogP contribution in [0.25, 0.3) is 16.7 Å². The van der Waals surface area contributed by atoms with Crippen LogP contribution >= 0.6 is 0 Å². The average Bonchev–Trinajstić information content (AvgIpc) is 3.78. The summed E-state index contributed by atoms with van der Waals surface area (Å²) in [5.74, 6) is 0. The lowest BCUT2D eigenvalue weighted by Gasteiger charge is -2.18. The smallest absolute Gasteiger partial charge is 0.140 e. The van der Waals surface area contributed by atoms with Crippen molar-refractivity contribution in [2.45, 2.75) is 0 Å². The van der Waals surface area contributed by atoms with E-state index in [1.807, 2.05) is 94.2 Å². The molecule has 0 saturated heterocycles. The van der Waals surface area contributed by atoms with Crippen molar-refractivity contribution in [3.05, 3.63) is 50.1 Å². The van der Waals surface area contributed by atoms with Gasteiger partial charge in [0, 0.05) is 33.4 Å². The van der Waals surface area contributed by atoms with E-state index in [1.54, 1.807) is 0 Å². The van der Waals surface area contributed by atoms with Crippen LogP contribution in [0, 0.1) is 68.0 Å². The van der Waals surface area contributed by atoms with Crippen molar-refractivity contribution in [1.82, 2.24) is 0 Å². The first kappa shape index (κ1) is 35.5. The molecule has 1 aliphatic rings. The van der Waals surface area contributed by atoms with E-state index in [2.05, 4.69) is 36.4 Å². The van der Waals surface area contributed by atoms with E-state index < -0.39 is 0 Å². The average molecular weight is 598 g/mol. The molecule has 0 unspecified atom stereocenters. The number of nitriles is 6. The second-order valence-electron chi connectivity index (χ2n) is 12.7. The standard InChI is InChI=1S/C30H24B12N6/c31-19-10(4-46)20(32)26(38)16(25(19)37)7(1-43)13-14(8(2-44)17-27(39)21(33)11(5-47)22(34)28(17)40)15(13)9(3-45)18-29(41)23(35)12(6-48)24(36)30(18)42/h31-42H2. The summed E-state index contributed by atoms with van der Waals surface area (Å²) in [4.78, 5) is 0. The van der Waals surface area contributed by atoms with Crippen molar-refractivity contribution >= 4 is 176 Å². The summed E-state index contributed by atoms with van der Waals surface area (Å²) in [5.41, 5.74) is 15.7. The van der Waals surface area contributed by atoms with Gasteiger partial charge in [-0.1, -0.05) is 65.6 Å². The Bertz CT molecular complexity index is 2070. The molecule has 0 heterocycles. The summed E-state index contributed by atoms with van der Waals surface area (Å²) in [6.07, 6.45) is 0. The van der Waals surface area contributed by atoms with Crippen LogP contribution in [0.2, 0.25) is 0 Å². The first-order valence-corrected chi connectivity index (χ1v) is 15.6. The first-order chi connectivity index (χ1) is 22.6. The van der Waals surface area contributed by atoms with Gasteiger partial charge in [0.05, 0.1) is 34.9 Å². The van der Waals surface area contributed by atoms with E-state index in [0.717, 1.165) is 65.6 Å². The molecule has 4 rings (SSSR count). The number of benzene rings is 3. The zero-order chi connectivity index (χ0) is 36.1. The Morgan fingerprint density at radius 3 is 0.583 bits per heavy atom. The molecule has 210 valence electrons. The van der Waals surface area contributed by atoms with E-state index in [-0.39, 0.29) is 0 Å². The SMILES string of the molecule is Bc1c(B)c(C(C#N)=C2C(=C(C#N)c3c(B)c(B)c(C#N)c(B)c3B)C2=C(C#N)c2c(B)c(B)c(C#N)c(B)c2B)c(B)c(B)c1C#N. The molecule has 0 atom stereocenters. The highest BCUT2D eigenvalue weighted by Gasteiger charge is 2.43. The Morgan fingerprint density at radius 2 is 0.458 bits per heavy atom. The van der Waals surface area contributed by atoms with Crippen LogP contribution < -0.4 is 65.6 Å². The molecule has 0 bridgehead atoms. The van der Waals surface area contributed by atoms with Gasteiger partial charge >= 0.3 is 0 Å². The summed E-state index contributed by atoms with van der Waals surface area (Å²) in [5, 5.41) is 62.5. The van der Waals surface area contributed by atoms with Gasteiger partial charge in [-0.15, -0.1) is 0 Å². The van der Waals surface area contributed by atoms with Gasteiger partial charge in [0.1, 0.15) is 112 Å². The largest absolute Gasteiger partial charge is 0.192 e. The van der Waals surface area contributed by atoms with Gasteiger partial charge in [-0.3, -0.25) is 0 Å². The molecular formula is C30H24B12N6. The third-order valence-corrected chi connectivity index (χ3v) is 10.7. The van der Waals surface area contributed by atoms with Gasteiger partial charge in [-0.2, -0.15) is 31.6 Å². The van der Waals surface area contributed by atoms with Crippen molar-refractivity contribution in [3.8, 4) is 36.4 Å². The molecule has 0 amide bonds. The van der Waals surface area contributed by atoms with Crippen LogP contribution in [0.1, 0.15) is 33.4 Å². The summed E-state index contributed by atoms with van der Waals surface area (Å²) in [7, 11) is 22.6. The minimum Gasteiger partial charge on any atom is -0.192 e. The fraction of sp³-hybridized carbons (Fsp3) is 0. The Hall–Kier alpha value is -5.40. The second-order valence-corrected chi connectivity index (χ2v) is 12.7. The molecule has 18 heteroatoms. The van der Waals surface area contributed by atoms with Crippen LogP contribution in [0.4, 0.5) is 0 Å². The van der Waals surface area contributed by atoms with Crippen LogP contribution in [0.5, 0.6) is 0 Å². The molecule has 1 saturated carbocycles. The van der Waals surface area contributed by atoms with Gasteiger partial charge in [-0.25, -0.2) is 0 Å². The molecule has 0 radical (unpaired) electrons. The lowest BCUT2D eigenvalue weighted by molar-refractivity contribution is 1.51. The van der Waals surface area contributed by atoms with Crippen LogP contribution in [0.15, 0.2) is 16.7 Å². The van der Waals surface area contributed by atoms with Crippen LogP contribution in [0.3, 0.4) is 0 Å². The van der Waals surface area contributed by atoms with Crippen molar-refractivity contribution in [1.29, 1.82) is 31.6 Å². The maximum Gasteiger partial charge on any atom is 0.140 e. The summed E-state index contributed by atoms with van der Waals surface area (Å²) in [6.45, 7) is 0. The Labute approximate surface area is 293 Å². The highest BCUT2D eigenvalue weighted by Crippen LogP contribution is 2.55. The van der Waals surface area contributed by atoms with Gasteiger partial charge in [-0.05, 0) is 16.7 Å². The molecular weight excluding hydrogens is 574 g/mol. The molecule has 0 aromatic heterocycles. The maximum atomic E-state index is 10.9. The number of hydrogen-bond donors (Lipinski definition) is 0. The van der Waals surface area contributed by atoms with Gasteiger partial charge in [0.2, 0.25) is 0 Å². The topological polar surface area (TPSA) is 143 Å². The second kappa shape index (κ2) is 13.0. The lowest BCUT2D eigenvalue weighted by atomic mass is 9.63. The summed E-state index contributed by atoms with van der Waals surface area (Å²) < 4.78 is 0. The van der Waals surface area contributed by atoms with E-state index in [4.69, 9.17) is 0 Å². The van der Waals surface area contributed by atoms with E-state index in [1.165, 1.54) is 0 Å². The number of hydrogen-bond acceptors (Lipinski definition) is 6. The molecule has 6 nitrogen and oxygen atoms in total. The normalized spacial score (nSPS) is 11.2. The Balaban J connectivity index is 2.38. The quantitative estimate of drug-likeness (QED) is 0.217. The number of nitrogens with zero attached hydrogens (tertiary/aromatic N) is 6. The van der Waals surface area contributed by atoms with Gasteiger partial charge < -0.3 is 0 Å². The van der Waals surface area contributed by atoms with Crippen molar-refractivity contribution in [3.63, 3.8) is 0 Å². The third-order valence-electron chi connectivity index (χ3n) is 10.7. The predicted octanol–water partition coefficient (Wildman–Crippen LogP) is -15.4. The monoisotopic (exact) mass is 600 g/mol. The number of allylic oxidation sites excluding steroid dienone is 6. The number of rotatable bonds is 3. The molecule has 1 fully saturated rings. The zero-order valence-corrected chi connectivity index (χ0v) is 29.7.